The maximum Gasteiger partial charge on any atom is 0.129 e. The number of aromatic nitrogens is 1. The van der Waals surface area contributed by atoms with Crippen LogP contribution in [0.4, 0.5) is 5.82 Å². The molecule has 0 radical (unpaired) electrons. The van der Waals surface area contributed by atoms with Gasteiger partial charge in [0.2, 0.25) is 0 Å². The first-order valence-electron chi connectivity index (χ1n) is 7.98. The summed E-state index contributed by atoms with van der Waals surface area (Å²) in [5.41, 5.74) is 8.25. The molecule has 1 atom stereocenters. The monoisotopic (exact) mass is 290 g/mol. The van der Waals surface area contributed by atoms with Crippen molar-refractivity contribution in [3.8, 4) is 0 Å². The van der Waals surface area contributed by atoms with Crippen LogP contribution in [-0.2, 0) is 12.0 Å². The van der Waals surface area contributed by atoms with E-state index >= 15 is 0 Å². The quantitative estimate of drug-likeness (QED) is 0.908. The average molecular weight is 290 g/mol. The molecule has 1 aromatic heterocycles. The highest BCUT2D eigenvalue weighted by molar-refractivity contribution is 5.45. The first-order chi connectivity index (χ1) is 9.81. The van der Waals surface area contributed by atoms with Crippen molar-refractivity contribution >= 4 is 5.82 Å². The smallest absolute Gasteiger partial charge is 0.129 e. The van der Waals surface area contributed by atoms with Crippen LogP contribution >= 0.6 is 0 Å². The van der Waals surface area contributed by atoms with Crippen LogP contribution in [-0.4, -0.2) is 42.6 Å². The van der Waals surface area contributed by atoms with Crippen molar-refractivity contribution in [1.82, 2.24) is 9.88 Å². The summed E-state index contributed by atoms with van der Waals surface area (Å²) in [6.07, 6.45) is 1.18. The van der Waals surface area contributed by atoms with Crippen LogP contribution in [0.2, 0.25) is 0 Å². The third-order valence-corrected chi connectivity index (χ3v) is 4.22. The highest BCUT2D eigenvalue weighted by Gasteiger charge is 2.23. The van der Waals surface area contributed by atoms with Crippen molar-refractivity contribution in [1.29, 1.82) is 0 Å². The molecule has 1 aliphatic heterocycles. The highest BCUT2D eigenvalue weighted by atomic mass is 15.3. The first kappa shape index (κ1) is 16.2. The lowest BCUT2D eigenvalue weighted by atomic mass is 9.90. The van der Waals surface area contributed by atoms with Gasteiger partial charge in [-0.25, -0.2) is 4.98 Å². The lowest BCUT2D eigenvalue weighted by molar-refractivity contribution is 0.337. The van der Waals surface area contributed by atoms with E-state index in [1.165, 1.54) is 12.0 Å². The second kappa shape index (κ2) is 6.32. The number of nitrogens with two attached hydrogens (primary N) is 1. The maximum atomic E-state index is 5.89. The van der Waals surface area contributed by atoms with Crippen LogP contribution in [0, 0.1) is 0 Å². The molecule has 1 fully saturated rings. The molecule has 118 valence electrons. The summed E-state index contributed by atoms with van der Waals surface area (Å²) in [7, 11) is 2.20. The van der Waals surface area contributed by atoms with Crippen LogP contribution < -0.4 is 10.6 Å². The van der Waals surface area contributed by atoms with E-state index in [2.05, 4.69) is 56.7 Å². The Kier molecular flexibility index (Phi) is 4.89. The van der Waals surface area contributed by atoms with Gasteiger partial charge in [-0.3, -0.25) is 0 Å². The number of hydrogen-bond acceptors (Lipinski definition) is 4. The minimum atomic E-state index is 0.0474. The fraction of sp³-hybridized carbons (Fsp3) is 0.706. The molecule has 1 unspecified atom stereocenters. The predicted octanol–water partition coefficient (Wildman–Crippen LogP) is 2.37. The molecule has 2 rings (SSSR count). The van der Waals surface area contributed by atoms with Crippen molar-refractivity contribution in [2.45, 2.75) is 52.1 Å². The molecule has 4 nitrogen and oxygen atoms in total. The molecule has 2 N–H and O–H groups in total. The molecule has 4 heteroatoms. The van der Waals surface area contributed by atoms with Gasteiger partial charge in [0.1, 0.15) is 5.82 Å². The van der Waals surface area contributed by atoms with Gasteiger partial charge in [0.25, 0.3) is 0 Å². The fourth-order valence-electron chi connectivity index (χ4n) is 2.93. The van der Waals surface area contributed by atoms with Gasteiger partial charge in [-0.2, -0.15) is 0 Å². The molecule has 2 heterocycles. The Morgan fingerprint density at radius 3 is 2.62 bits per heavy atom. The molecule has 0 aromatic carbocycles. The van der Waals surface area contributed by atoms with E-state index in [-0.39, 0.29) is 5.41 Å². The Morgan fingerprint density at radius 2 is 2.00 bits per heavy atom. The van der Waals surface area contributed by atoms with E-state index in [1.54, 1.807) is 0 Å². The lowest BCUT2D eigenvalue weighted by Crippen LogP contribution is -2.38. The number of nitrogens with zero attached hydrogens (tertiary/aromatic N) is 3. The maximum absolute atomic E-state index is 5.89. The van der Waals surface area contributed by atoms with E-state index in [4.69, 9.17) is 10.7 Å². The van der Waals surface area contributed by atoms with Crippen molar-refractivity contribution in [2.24, 2.45) is 5.73 Å². The molecule has 0 saturated carbocycles. The van der Waals surface area contributed by atoms with Crippen LogP contribution in [0.25, 0.3) is 0 Å². The normalized spacial score (nSPS) is 21.4. The first-order valence-corrected chi connectivity index (χ1v) is 7.98. The molecule has 0 amide bonds. The van der Waals surface area contributed by atoms with Gasteiger partial charge >= 0.3 is 0 Å². The van der Waals surface area contributed by atoms with Gasteiger partial charge in [0, 0.05) is 36.8 Å². The highest BCUT2D eigenvalue weighted by Crippen LogP contribution is 2.26. The summed E-state index contributed by atoms with van der Waals surface area (Å²) in [5, 5.41) is 0. The van der Waals surface area contributed by atoms with Crippen molar-refractivity contribution in [3.63, 3.8) is 0 Å². The zero-order valence-electron chi connectivity index (χ0n) is 14.2. The number of hydrogen-bond donors (Lipinski definition) is 1. The zero-order valence-corrected chi connectivity index (χ0v) is 14.2. The van der Waals surface area contributed by atoms with Gasteiger partial charge < -0.3 is 15.5 Å². The number of anilines is 1. The van der Waals surface area contributed by atoms with Crippen molar-refractivity contribution < 1.29 is 0 Å². The molecule has 1 aromatic rings. The SMILES string of the molecule is CC1CN(C)CCCN1c1cc(CN)cc(C(C)(C)C)n1. The van der Waals surface area contributed by atoms with Gasteiger partial charge in [0.15, 0.2) is 0 Å². The largest absolute Gasteiger partial charge is 0.353 e. The Labute approximate surface area is 129 Å². The summed E-state index contributed by atoms with van der Waals surface area (Å²) in [5.74, 6) is 1.09. The zero-order chi connectivity index (χ0) is 15.6. The summed E-state index contributed by atoms with van der Waals surface area (Å²) in [6.45, 7) is 12.8. The van der Waals surface area contributed by atoms with E-state index in [1.807, 2.05) is 0 Å². The second-order valence-corrected chi connectivity index (χ2v) is 7.33. The molecule has 0 spiro atoms. The molecule has 1 saturated heterocycles. The van der Waals surface area contributed by atoms with E-state index in [0.29, 0.717) is 12.6 Å². The van der Waals surface area contributed by atoms with Gasteiger partial charge in [-0.05, 0) is 44.6 Å². The molecule has 21 heavy (non-hydrogen) atoms. The number of rotatable bonds is 2. The van der Waals surface area contributed by atoms with Gasteiger partial charge in [0.05, 0.1) is 0 Å². The second-order valence-electron chi connectivity index (χ2n) is 7.33. The molecule has 1 aliphatic rings. The summed E-state index contributed by atoms with van der Waals surface area (Å²) in [6, 6.07) is 4.79. The van der Waals surface area contributed by atoms with Gasteiger partial charge in [-0.1, -0.05) is 20.8 Å². The minimum Gasteiger partial charge on any atom is -0.353 e. The Balaban J connectivity index is 2.37. The topological polar surface area (TPSA) is 45.4 Å². The lowest BCUT2D eigenvalue weighted by Gasteiger charge is -2.31. The van der Waals surface area contributed by atoms with Crippen LogP contribution in [0.15, 0.2) is 12.1 Å². The van der Waals surface area contributed by atoms with Crippen molar-refractivity contribution in [3.05, 3.63) is 23.4 Å². The third-order valence-electron chi connectivity index (χ3n) is 4.22. The number of likely N-dealkylation sites (N-methyl/N-ethyl adjacent to an activating group) is 1. The Bertz CT molecular complexity index is 478. The van der Waals surface area contributed by atoms with Crippen LogP contribution in [0.1, 0.15) is 45.4 Å². The Hall–Kier alpha value is -1.13. The van der Waals surface area contributed by atoms with Crippen LogP contribution in [0.3, 0.4) is 0 Å². The summed E-state index contributed by atoms with van der Waals surface area (Å²) >= 11 is 0. The summed E-state index contributed by atoms with van der Waals surface area (Å²) in [4.78, 5) is 9.79. The average Bonchev–Trinajstić information content (AvgIpc) is 2.57. The van der Waals surface area contributed by atoms with E-state index < -0.39 is 0 Å². The van der Waals surface area contributed by atoms with Crippen molar-refractivity contribution in [2.75, 3.05) is 31.6 Å². The molecule has 0 aliphatic carbocycles. The predicted molar refractivity (Wildman–Crippen MR) is 89.8 cm³/mol. The van der Waals surface area contributed by atoms with E-state index in [0.717, 1.165) is 31.1 Å². The summed E-state index contributed by atoms with van der Waals surface area (Å²) < 4.78 is 0. The van der Waals surface area contributed by atoms with E-state index in [9.17, 15) is 0 Å². The standard InChI is InChI=1S/C17H30N4/c1-13-12-20(5)7-6-8-21(13)16-10-14(11-18)9-15(19-16)17(2,3)4/h9-10,13H,6-8,11-12,18H2,1-5H3. The number of pyridine rings is 1. The van der Waals surface area contributed by atoms with Gasteiger partial charge in [-0.15, -0.1) is 0 Å². The fourth-order valence-corrected chi connectivity index (χ4v) is 2.93. The van der Waals surface area contributed by atoms with Crippen LogP contribution in [0.5, 0.6) is 0 Å². The molecular formula is C17H30N4. The molecular weight excluding hydrogens is 260 g/mol. The third kappa shape index (κ3) is 3.95. The minimum absolute atomic E-state index is 0.0474. The Morgan fingerprint density at radius 1 is 1.29 bits per heavy atom. The molecule has 0 bridgehead atoms.